The van der Waals surface area contributed by atoms with Crippen LogP contribution >= 0.6 is 11.6 Å². The highest BCUT2D eigenvalue weighted by molar-refractivity contribution is 6.30. The SMILES string of the molecule is CC[C@@H](Oc1cccc(Cl)c1)C(=O)Nc1ccccc1C(=O)OC. The van der Waals surface area contributed by atoms with E-state index in [1.807, 2.05) is 6.92 Å². The van der Waals surface area contributed by atoms with Gasteiger partial charge in [0.1, 0.15) is 5.75 Å². The number of rotatable bonds is 6. The lowest BCUT2D eigenvalue weighted by atomic mass is 10.1. The number of halogens is 1. The molecule has 0 aliphatic carbocycles. The normalized spacial score (nSPS) is 11.5. The van der Waals surface area contributed by atoms with Crippen LogP contribution in [0.5, 0.6) is 5.75 Å². The van der Waals surface area contributed by atoms with Crippen LogP contribution in [-0.4, -0.2) is 25.1 Å². The van der Waals surface area contributed by atoms with Crippen molar-refractivity contribution in [2.45, 2.75) is 19.4 Å². The van der Waals surface area contributed by atoms with Gasteiger partial charge in [-0.2, -0.15) is 0 Å². The van der Waals surface area contributed by atoms with E-state index in [2.05, 4.69) is 5.32 Å². The molecule has 0 saturated heterocycles. The topological polar surface area (TPSA) is 64.6 Å². The summed E-state index contributed by atoms with van der Waals surface area (Å²) in [4.78, 5) is 24.2. The van der Waals surface area contributed by atoms with Gasteiger partial charge in [0.15, 0.2) is 6.10 Å². The molecular formula is C18H18ClNO4. The zero-order valence-corrected chi connectivity index (χ0v) is 14.2. The summed E-state index contributed by atoms with van der Waals surface area (Å²) in [6.45, 7) is 1.83. The average Bonchev–Trinajstić information content (AvgIpc) is 2.59. The molecule has 2 rings (SSSR count). The lowest BCUT2D eigenvalue weighted by molar-refractivity contribution is -0.122. The van der Waals surface area contributed by atoms with Gasteiger partial charge in [-0.05, 0) is 36.8 Å². The van der Waals surface area contributed by atoms with E-state index in [1.165, 1.54) is 7.11 Å². The molecule has 1 N–H and O–H groups in total. The highest BCUT2D eigenvalue weighted by Gasteiger charge is 2.21. The Labute approximate surface area is 145 Å². The lowest BCUT2D eigenvalue weighted by Crippen LogP contribution is -2.33. The van der Waals surface area contributed by atoms with Crippen molar-refractivity contribution in [1.82, 2.24) is 0 Å². The summed E-state index contributed by atoms with van der Waals surface area (Å²) in [7, 11) is 1.29. The number of esters is 1. The fourth-order valence-corrected chi connectivity index (χ4v) is 2.30. The first-order valence-electron chi connectivity index (χ1n) is 7.45. The molecule has 6 heteroatoms. The molecule has 1 amide bonds. The Balaban J connectivity index is 2.14. The first-order valence-corrected chi connectivity index (χ1v) is 7.83. The number of carbonyl (C=O) groups excluding carboxylic acids is 2. The van der Waals surface area contributed by atoms with Crippen molar-refractivity contribution in [3.05, 3.63) is 59.1 Å². The van der Waals surface area contributed by atoms with Crippen molar-refractivity contribution >= 4 is 29.2 Å². The van der Waals surface area contributed by atoms with Gasteiger partial charge in [0.05, 0.1) is 18.4 Å². The van der Waals surface area contributed by atoms with Gasteiger partial charge in [-0.15, -0.1) is 0 Å². The van der Waals surface area contributed by atoms with Crippen LogP contribution in [0, 0.1) is 0 Å². The molecule has 24 heavy (non-hydrogen) atoms. The second-order valence-electron chi connectivity index (χ2n) is 5.00. The van der Waals surface area contributed by atoms with E-state index < -0.39 is 12.1 Å². The number of para-hydroxylation sites is 1. The van der Waals surface area contributed by atoms with Gasteiger partial charge in [0.25, 0.3) is 5.91 Å². The number of anilines is 1. The zero-order valence-electron chi connectivity index (χ0n) is 13.4. The summed E-state index contributed by atoms with van der Waals surface area (Å²) in [5, 5.41) is 3.24. The maximum Gasteiger partial charge on any atom is 0.339 e. The molecule has 0 fully saturated rings. The van der Waals surface area contributed by atoms with Gasteiger partial charge in [-0.1, -0.05) is 36.7 Å². The molecule has 2 aromatic carbocycles. The van der Waals surface area contributed by atoms with E-state index in [0.717, 1.165) is 0 Å². The minimum Gasteiger partial charge on any atom is -0.481 e. The third kappa shape index (κ3) is 4.49. The van der Waals surface area contributed by atoms with Crippen molar-refractivity contribution in [3.63, 3.8) is 0 Å². The summed E-state index contributed by atoms with van der Waals surface area (Å²) in [6, 6.07) is 13.5. The van der Waals surface area contributed by atoms with Crippen molar-refractivity contribution in [2.24, 2.45) is 0 Å². The summed E-state index contributed by atoms with van der Waals surface area (Å²) in [5.74, 6) is -0.366. The molecule has 126 valence electrons. The Hall–Kier alpha value is -2.53. The van der Waals surface area contributed by atoms with Crippen molar-refractivity contribution < 1.29 is 19.1 Å². The monoisotopic (exact) mass is 347 g/mol. The smallest absolute Gasteiger partial charge is 0.339 e. The molecule has 5 nitrogen and oxygen atoms in total. The Morgan fingerprint density at radius 3 is 2.58 bits per heavy atom. The molecule has 0 radical (unpaired) electrons. The molecule has 2 aromatic rings. The summed E-state index contributed by atoms with van der Waals surface area (Å²) < 4.78 is 10.4. The van der Waals surface area contributed by atoms with Crippen LogP contribution in [0.25, 0.3) is 0 Å². The van der Waals surface area contributed by atoms with Gasteiger partial charge < -0.3 is 14.8 Å². The molecule has 0 aliphatic rings. The molecule has 1 atom stereocenters. The quantitative estimate of drug-likeness (QED) is 0.804. The third-order valence-corrected chi connectivity index (χ3v) is 3.56. The second-order valence-corrected chi connectivity index (χ2v) is 5.43. The molecule has 0 spiro atoms. The van der Waals surface area contributed by atoms with Gasteiger partial charge in [-0.3, -0.25) is 4.79 Å². The van der Waals surface area contributed by atoms with Crippen molar-refractivity contribution in [2.75, 3.05) is 12.4 Å². The highest BCUT2D eigenvalue weighted by Crippen LogP contribution is 2.21. The van der Waals surface area contributed by atoms with Crippen LogP contribution in [-0.2, 0) is 9.53 Å². The molecular weight excluding hydrogens is 330 g/mol. The first kappa shape index (κ1) is 17.8. The average molecular weight is 348 g/mol. The van der Waals surface area contributed by atoms with E-state index in [1.54, 1.807) is 48.5 Å². The van der Waals surface area contributed by atoms with Crippen LogP contribution in [0.1, 0.15) is 23.7 Å². The maximum atomic E-state index is 12.5. The largest absolute Gasteiger partial charge is 0.481 e. The van der Waals surface area contributed by atoms with E-state index in [-0.39, 0.29) is 11.5 Å². The zero-order chi connectivity index (χ0) is 17.5. The number of amides is 1. The predicted octanol–water partition coefficient (Wildman–Crippen LogP) is 3.92. The Kier molecular flexibility index (Phi) is 6.21. The van der Waals surface area contributed by atoms with Gasteiger partial charge in [-0.25, -0.2) is 4.79 Å². The van der Waals surface area contributed by atoms with E-state index in [9.17, 15) is 9.59 Å². The van der Waals surface area contributed by atoms with Gasteiger partial charge in [0.2, 0.25) is 0 Å². The molecule has 0 bridgehead atoms. The van der Waals surface area contributed by atoms with E-state index in [4.69, 9.17) is 21.1 Å². The minimum absolute atomic E-state index is 0.283. The first-order chi connectivity index (χ1) is 11.5. The van der Waals surface area contributed by atoms with Gasteiger partial charge in [0, 0.05) is 5.02 Å². The molecule has 0 aromatic heterocycles. The fraction of sp³-hybridized carbons (Fsp3) is 0.222. The van der Waals surface area contributed by atoms with Crippen LogP contribution in [0.4, 0.5) is 5.69 Å². The Bertz CT molecular complexity index is 732. The van der Waals surface area contributed by atoms with Crippen LogP contribution in [0.2, 0.25) is 5.02 Å². The van der Waals surface area contributed by atoms with Crippen molar-refractivity contribution in [3.8, 4) is 5.75 Å². The summed E-state index contributed by atoms with van der Waals surface area (Å²) in [5.41, 5.74) is 0.661. The molecule has 0 heterocycles. The molecule has 0 saturated carbocycles. The van der Waals surface area contributed by atoms with Crippen LogP contribution in [0.3, 0.4) is 0 Å². The van der Waals surface area contributed by atoms with Crippen molar-refractivity contribution in [1.29, 1.82) is 0 Å². The van der Waals surface area contributed by atoms with E-state index >= 15 is 0 Å². The number of hydrogen-bond acceptors (Lipinski definition) is 4. The number of benzene rings is 2. The standard InChI is InChI=1S/C18H18ClNO4/c1-3-16(24-13-8-6-7-12(19)11-13)17(21)20-15-10-5-4-9-14(15)18(22)23-2/h4-11,16H,3H2,1-2H3,(H,20,21)/t16-/m1/s1. The Morgan fingerprint density at radius 2 is 1.92 bits per heavy atom. The molecule has 0 unspecified atom stereocenters. The number of carbonyl (C=O) groups is 2. The fourth-order valence-electron chi connectivity index (χ4n) is 2.12. The Morgan fingerprint density at radius 1 is 1.17 bits per heavy atom. The summed E-state index contributed by atoms with van der Waals surface area (Å²) in [6.07, 6.45) is -0.257. The molecule has 0 aliphatic heterocycles. The van der Waals surface area contributed by atoms with E-state index in [0.29, 0.717) is 22.9 Å². The number of nitrogens with one attached hydrogen (secondary N) is 1. The number of ether oxygens (including phenoxy) is 2. The highest BCUT2D eigenvalue weighted by atomic mass is 35.5. The predicted molar refractivity (Wildman–Crippen MR) is 92.6 cm³/mol. The maximum absolute atomic E-state index is 12.5. The third-order valence-electron chi connectivity index (χ3n) is 3.33. The number of hydrogen-bond donors (Lipinski definition) is 1. The summed E-state index contributed by atoms with van der Waals surface area (Å²) >= 11 is 5.92. The minimum atomic E-state index is -0.714. The van der Waals surface area contributed by atoms with Crippen LogP contribution in [0.15, 0.2) is 48.5 Å². The lowest BCUT2D eigenvalue weighted by Gasteiger charge is -2.18. The number of methoxy groups -OCH3 is 1. The van der Waals surface area contributed by atoms with Crippen LogP contribution < -0.4 is 10.1 Å². The second kappa shape index (κ2) is 8.36. The van der Waals surface area contributed by atoms with Gasteiger partial charge >= 0.3 is 5.97 Å².